The van der Waals surface area contributed by atoms with Gasteiger partial charge in [-0.1, -0.05) is 90.3 Å². The van der Waals surface area contributed by atoms with Gasteiger partial charge in [-0.2, -0.15) is 0 Å². The van der Waals surface area contributed by atoms with Crippen molar-refractivity contribution in [1.82, 2.24) is 0 Å². The molecule has 0 nitrogen and oxygen atoms in total. The maximum absolute atomic E-state index is 2.34. The van der Waals surface area contributed by atoms with E-state index in [4.69, 9.17) is 0 Å². The zero-order chi connectivity index (χ0) is 12.0. The first-order valence-electron chi connectivity index (χ1n) is 7.61. The molecule has 0 unspecified atom stereocenters. The molecule has 2 aliphatic carbocycles. The SMILES string of the molecule is CB(C)C1CCCC1.CB(C)C1CCCC1.[CH3-].[CH3-].[Fe+2]. The molecule has 0 heterocycles. The van der Waals surface area contributed by atoms with Crippen LogP contribution in [0.1, 0.15) is 51.4 Å². The van der Waals surface area contributed by atoms with E-state index in [-0.39, 0.29) is 31.9 Å². The number of hydrogen-bond acceptors (Lipinski definition) is 0. The Bertz CT molecular complexity index is 152. The van der Waals surface area contributed by atoms with E-state index in [0.717, 1.165) is 25.1 Å². The van der Waals surface area contributed by atoms with E-state index in [9.17, 15) is 0 Å². The molecule has 0 amide bonds. The fourth-order valence-corrected chi connectivity index (χ4v) is 3.25. The Morgan fingerprint density at radius 2 is 0.789 bits per heavy atom. The molecule has 0 aromatic rings. The van der Waals surface area contributed by atoms with Crippen molar-refractivity contribution in [3.05, 3.63) is 14.9 Å². The Kier molecular flexibility index (Phi) is 17.7. The van der Waals surface area contributed by atoms with Gasteiger partial charge < -0.3 is 14.9 Å². The van der Waals surface area contributed by atoms with Gasteiger partial charge in [0.25, 0.3) is 0 Å². The van der Waals surface area contributed by atoms with Gasteiger partial charge >= 0.3 is 17.1 Å². The van der Waals surface area contributed by atoms with Crippen molar-refractivity contribution in [2.75, 3.05) is 0 Å². The van der Waals surface area contributed by atoms with Gasteiger partial charge in [-0.05, 0) is 0 Å². The first-order chi connectivity index (χ1) is 7.61. The molecule has 0 aliphatic heterocycles. The summed E-state index contributed by atoms with van der Waals surface area (Å²) >= 11 is 0. The largest absolute Gasteiger partial charge is 2.00 e. The molecule has 0 spiro atoms. The van der Waals surface area contributed by atoms with Crippen LogP contribution in [0.5, 0.6) is 0 Å². The summed E-state index contributed by atoms with van der Waals surface area (Å²) in [6, 6.07) is 0. The molecule has 114 valence electrons. The van der Waals surface area contributed by atoms with Crippen LogP contribution in [0.2, 0.25) is 38.9 Å². The van der Waals surface area contributed by atoms with Gasteiger partial charge in [-0.15, -0.1) is 0 Å². The van der Waals surface area contributed by atoms with Gasteiger partial charge in [0.05, 0.1) is 0 Å². The molecule has 2 saturated carbocycles. The molecule has 0 saturated heterocycles. The van der Waals surface area contributed by atoms with Crippen LogP contribution in [0.4, 0.5) is 0 Å². The first-order valence-corrected chi connectivity index (χ1v) is 7.61. The Hall–Kier alpha value is 0.649. The van der Waals surface area contributed by atoms with Crippen LogP contribution in [0, 0.1) is 14.9 Å². The second-order valence-corrected chi connectivity index (χ2v) is 6.58. The van der Waals surface area contributed by atoms with Crippen molar-refractivity contribution in [3.63, 3.8) is 0 Å². The monoisotopic (exact) mass is 306 g/mol. The van der Waals surface area contributed by atoms with Crippen LogP contribution in [0.25, 0.3) is 0 Å². The summed E-state index contributed by atoms with van der Waals surface area (Å²) in [5.41, 5.74) is 0. The predicted octanol–water partition coefficient (Wildman–Crippen LogP) is 6.27. The third kappa shape index (κ3) is 10.1. The van der Waals surface area contributed by atoms with Gasteiger partial charge in [0.15, 0.2) is 0 Å². The minimum atomic E-state index is 0. The minimum Gasteiger partial charge on any atom is -0.358 e. The van der Waals surface area contributed by atoms with Crippen molar-refractivity contribution in [2.24, 2.45) is 0 Å². The van der Waals surface area contributed by atoms with E-state index in [1.165, 1.54) is 51.4 Å². The fraction of sp³-hybridized carbons (Fsp3) is 0.875. The molecular formula is C16H36B2Fe. The van der Waals surface area contributed by atoms with Gasteiger partial charge in [0.2, 0.25) is 0 Å². The number of rotatable bonds is 2. The van der Waals surface area contributed by atoms with Crippen LogP contribution in [0.15, 0.2) is 0 Å². The second kappa shape index (κ2) is 13.6. The standard InChI is InChI=1S/2C7H15B.2CH3.Fe/c2*1-8(2)7-5-3-4-6-7;;;/h2*7H,3-6H2,1-2H3;2*1H3;/q;;2*-1;+2. The first kappa shape index (κ1) is 24.7. The molecular weight excluding hydrogens is 270 g/mol. The summed E-state index contributed by atoms with van der Waals surface area (Å²) in [5, 5.41) is 0. The molecule has 3 heteroatoms. The van der Waals surface area contributed by atoms with Crippen molar-refractivity contribution >= 4 is 13.4 Å². The average molecular weight is 306 g/mol. The molecule has 2 fully saturated rings. The van der Waals surface area contributed by atoms with Crippen LogP contribution < -0.4 is 0 Å². The molecule has 19 heavy (non-hydrogen) atoms. The maximum Gasteiger partial charge on any atom is 2.00 e. The molecule has 0 N–H and O–H groups in total. The summed E-state index contributed by atoms with van der Waals surface area (Å²) in [7, 11) is 0. The average Bonchev–Trinajstić information content (AvgIpc) is 2.93. The van der Waals surface area contributed by atoms with E-state index in [1.807, 2.05) is 0 Å². The van der Waals surface area contributed by atoms with Gasteiger partial charge in [-0.25, -0.2) is 0 Å². The van der Waals surface area contributed by atoms with E-state index < -0.39 is 0 Å². The van der Waals surface area contributed by atoms with Crippen LogP contribution in [-0.4, -0.2) is 13.4 Å². The van der Waals surface area contributed by atoms with Crippen molar-refractivity contribution < 1.29 is 17.1 Å². The third-order valence-electron chi connectivity index (χ3n) is 4.69. The molecule has 2 rings (SSSR count). The molecule has 0 aromatic heterocycles. The predicted molar refractivity (Wildman–Crippen MR) is 92.2 cm³/mol. The van der Waals surface area contributed by atoms with Crippen LogP contribution in [-0.2, 0) is 17.1 Å². The van der Waals surface area contributed by atoms with Crippen LogP contribution in [0.3, 0.4) is 0 Å². The van der Waals surface area contributed by atoms with Gasteiger partial charge in [0.1, 0.15) is 13.4 Å². The fourth-order valence-electron chi connectivity index (χ4n) is 3.25. The van der Waals surface area contributed by atoms with Gasteiger partial charge in [0, 0.05) is 0 Å². The summed E-state index contributed by atoms with van der Waals surface area (Å²) < 4.78 is 0. The zero-order valence-corrected chi connectivity index (χ0v) is 15.4. The quantitative estimate of drug-likeness (QED) is 0.417. The molecule has 0 bridgehead atoms. The van der Waals surface area contributed by atoms with E-state index in [1.54, 1.807) is 0 Å². The summed E-state index contributed by atoms with van der Waals surface area (Å²) in [6.45, 7) is 11.3. The van der Waals surface area contributed by atoms with Gasteiger partial charge in [-0.3, -0.25) is 0 Å². The van der Waals surface area contributed by atoms with E-state index >= 15 is 0 Å². The maximum atomic E-state index is 2.34. The molecule has 2 aliphatic rings. The minimum absolute atomic E-state index is 0. The topological polar surface area (TPSA) is 0 Å². The zero-order valence-electron chi connectivity index (χ0n) is 14.3. The molecule has 0 atom stereocenters. The van der Waals surface area contributed by atoms with E-state index in [2.05, 4.69) is 27.3 Å². The Labute approximate surface area is 135 Å². The van der Waals surface area contributed by atoms with Crippen molar-refractivity contribution in [2.45, 2.75) is 90.3 Å². The molecule has 0 aromatic carbocycles. The summed E-state index contributed by atoms with van der Waals surface area (Å²) in [6.07, 6.45) is 11.9. The number of hydrogen-bond donors (Lipinski definition) is 0. The third-order valence-corrected chi connectivity index (χ3v) is 4.69. The van der Waals surface area contributed by atoms with Crippen molar-refractivity contribution in [3.8, 4) is 0 Å². The normalized spacial score (nSPS) is 18.3. The van der Waals surface area contributed by atoms with Crippen molar-refractivity contribution in [1.29, 1.82) is 0 Å². The second-order valence-electron chi connectivity index (χ2n) is 6.58. The summed E-state index contributed by atoms with van der Waals surface area (Å²) in [4.78, 5) is 0. The van der Waals surface area contributed by atoms with Crippen LogP contribution >= 0.6 is 0 Å². The Balaban J connectivity index is -0.000000233. The van der Waals surface area contributed by atoms with E-state index in [0.29, 0.717) is 0 Å². The summed E-state index contributed by atoms with van der Waals surface area (Å²) in [5.74, 6) is 2.13. The molecule has 0 radical (unpaired) electrons. The Morgan fingerprint density at radius 3 is 0.895 bits per heavy atom. The Morgan fingerprint density at radius 1 is 0.579 bits per heavy atom. The smallest absolute Gasteiger partial charge is 0.358 e.